The number of nitrogens with one attached hydrogen (secondary N) is 2. The van der Waals surface area contributed by atoms with Gasteiger partial charge in [-0.3, -0.25) is 0 Å². The van der Waals surface area contributed by atoms with Crippen LogP contribution >= 0.6 is 0 Å². The zero-order chi connectivity index (χ0) is 16.0. The van der Waals surface area contributed by atoms with Crippen LogP contribution in [0.3, 0.4) is 0 Å². The maximum absolute atomic E-state index is 4.68. The van der Waals surface area contributed by atoms with Crippen LogP contribution in [0.25, 0.3) is 0 Å². The minimum absolute atomic E-state index is 0.0644. The van der Waals surface area contributed by atoms with Gasteiger partial charge in [-0.05, 0) is 27.4 Å². The van der Waals surface area contributed by atoms with Crippen molar-refractivity contribution in [3.05, 3.63) is 11.9 Å². The van der Waals surface area contributed by atoms with Gasteiger partial charge in [0.1, 0.15) is 17.5 Å². The van der Waals surface area contributed by atoms with Crippen LogP contribution < -0.4 is 10.6 Å². The van der Waals surface area contributed by atoms with Crippen molar-refractivity contribution in [2.75, 3.05) is 37.8 Å². The highest BCUT2D eigenvalue weighted by Crippen LogP contribution is 2.22. The number of nitrogens with zero attached hydrogens (tertiary/aromatic N) is 3. The van der Waals surface area contributed by atoms with Crippen LogP contribution in [-0.2, 0) is 5.41 Å². The minimum Gasteiger partial charge on any atom is -0.370 e. The molecule has 0 aliphatic rings. The van der Waals surface area contributed by atoms with Crippen LogP contribution in [0.1, 0.15) is 46.9 Å². The van der Waals surface area contributed by atoms with E-state index in [4.69, 9.17) is 0 Å². The molecule has 0 bridgehead atoms. The predicted molar refractivity (Wildman–Crippen MR) is 91.2 cm³/mol. The van der Waals surface area contributed by atoms with E-state index in [9.17, 15) is 0 Å². The zero-order valence-corrected chi connectivity index (χ0v) is 14.6. The first-order chi connectivity index (χ1) is 9.72. The highest BCUT2D eigenvalue weighted by molar-refractivity contribution is 5.48. The third kappa shape index (κ3) is 6.29. The largest absolute Gasteiger partial charge is 0.370 e. The van der Waals surface area contributed by atoms with Gasteiger partial charge in [0, 0.05) is 30.6 Å². The summed E-state index contributed by atoms with van der Waals surface area (Å²) >= 11 is 0. The third-order valence-corrected chi connectivity index (χ3v) is 2.99. The number of anilines is 2. The topological polar surface area (TPSA) is 53.1 Å². The average molecular weight is 293 g/mol. The second-order valence-electron chi connectivity index (χ2n) is 6.95. The van der Waals surface area contributed by atoms with Crippen molar-refractivity contribution in [2.24, 2.45) is 0 Å². The molecular weight excluding hydrogens is 262 g/mol. The van der Waals surface area contributed by atoms with E-state index in [1.165, 1.54) is 0 Å². The molecule has 0 aliphatic heterocycles. The van der Waals surface area contributed by atoms with Gasteiger partial charge in [-0.25, -0.2) is 9.97 Å². The molecule has 2 N–H and O–H groups in total. The third-order valence-electron chi connectivity index (χ3n) is 2.99. The summed E-state index contributed by atoms with van der Waals surface area (Å²) < 4.78 is 0. The van der Waals surface area contributed by atoms with Crippen molar-refractivity contribution in [1.82, 2.24) is 14.9 Å². The normalized spacial score (nSPS) is 13.3. The Bertz CT molecular complexity index is 437. The number of likely N-dealkylation sites (N-methyl/N-ethyl adjacent to an activating group) is 1. The van der Waals surface area contributed by atoms with Gasteiger partial charge in [0.2, 0.25) is 0 Å². The second-order valence-corrected chi connectivity index (χ2v) is 6.95. The molecule has 0 fully saturated rings. The molecule has 0 aliphatic carbocycles. The number of rotatable bonds is 7. The summed E-state index contributed by atoms with van der Waals surface area (Å²) in [6, 6.07) is 2.33. The summed E-state index contributed by atoms with van der Waals surface area (Å²) in [5.74, 6) is 2.65. The first-order valence-electron chi connectivity index (χ1n) is 7.77. The predicted octanol–water partition coefficient (Wildman–Crippen LogP) is 2.96. The molecule has 21 heavy (non-hydrogen) atoms. The molecule has 120 valence electrons. The Morgan fingerprint density at radius 3 is 2.33 bits per heavy atom. The SMILES string of the molecule is CCCNc1cc(NC(C)CN(C)C)nc(C(C)(C)C)n1. The standard InChI is InChI=1S/C16H31N5/c1-8-9-17-13-10-14(18-12(2)11-21(6)7)20-15(19-13)16(3,4)5/h10,12H,8-9,11H2,1-7H3,(H2,17,18,19,20). The van der Waals surface area contributed by atoms with Gasteiger partial charge in [-0.2, -0.15) is 0 Å². The van der Waals surface area contributed by atoms with Crippen molar-refractivity contribution in [2.45, 2.75) is 52.5 Å². The molecule has 1 atom stereocenters. The van der Waals surface area contributed by atoms with E-state index in [0.29, 0.717) is 6.04 Å². The van der Waals surface area contributed by atoms with Crippen molar-refractivity contribution in [3.63, 3.8) is 0 Å². The zero-order valence-electron chi connectivity index (χ0n) is 14.6. The Morgan fingerprint density at radius 1 is 1.19 bits per heavy atom. The van der Waals surface area contributed by atoms with Crippen LogP contribution in [0.5, 0.6) is 0 Å². The fourth-order valence-electron chi connectivity index (χ4n) is 2.05. The first-order valence-corrected chi connectivity index (χ1v) is 7.77. The van der Waals surface area contributed by atoms with Gasteiger partial charge in [0.15, 0.2) is 0 Å². The van der Waals surface area contributed by atoms with Gasteiger partial charge in [0.25, 0.3) is 0 Å². The van der Waals surface area contributed by atoms with Crippen molar-refractivity contribution >= 4 is 11.6 Å². The molecule has 0 radical (unpaired) electrons. The van der Waals surface area contributed by atoms with E-state index in [-0.39, 0.29) is 5.41 Å². The minimum atomic E-state index is -0.0644. The Balaban J connectivity index is 2.95. The Hall–Kier alpha value is -1.36. The monoisotopic (exact) mass is 293 g/mol. The highest BCUT2D eigenvalue weighted by Gasteiger charge is 2.19. The molecule has 1 heterocycles. The summed E-state index contributed by atoms with van der Waals surface area (Å²) in [5.41, 5.74) is -0.0644. The maximum Gasteiger partial charge on any atom is 0.138 e. The molecule has 0 saturated carbocycles. The van der Waals surface area contributed by atoms with Gasteiger partial charge in [-0.15, -0.1) is 0 Å². The summed E-state index contributed by atoms with van der Waals surface area (Å²) in [7, 11) is 4.15. The van der Waals surface area contributed by atoms with Gasteiger partial charge >= 0.3 is 0 Å². The van der Waals surface area contributed by atoms with E-state index in [0.717, 1.165) is 37.0 Å². The summed E-state index contributed by atoms with van der Waals surface area (Å²) in [6.45, 7) is 12.6. The molecule has 0 aromatic carbocycles. The van der Waals surface area contributed by atoms with Crippen LogP contribution in [0.4, 0.5) is 11.6 Å². The van der Waals surface area contributed by atoms with E-state index in [1.807, 2.05) is 6.07 Å². The van der Waals surface area contributed by atoms with Crippen molar-refractivity contribution in [3.8, 4) is 0 Å². The number of hydrogen-bond donors (Lipinski definition) is 2. The van der Waals surface area contributed by atoms with E-state index in [1.54, 1.807) is 0 Å². The first kappa shape index (κ1) is 17.7. The summed E-state index contributed by atoms with van der Waals surface area (Å²) in [4.78, 5) is 11.5. The maximum atomic E-state index is 4.68. The Labute approximate surface area is 129 Å². The van der Waals surface area contributed by atoms with Crippen LogP contribution in [0.2, 0.25) is 0 Å². The van der Waals surface area contributed by atoms with E-state index < -0.39 is 0 Å². The molecule has 0 saturated heterocycles. The van der Waals surface area contributed by atoms with Crippen LogP contribution in [-0.4, -0.2) is 48.1 Å². The molecule has 5 nitrogen and oxygen atoms in total. The van der Waals surface area contributed by atoms with Crippen molar-refractivity contribution < 1.29 is 0 Å². The Morgan fingerprint density at radius 2 is 1.81 bits per heavy atom. The second kappa shape index (κ2) is 7.59. The number of aromatic nitrogens is 2. The van der Waals surface area contributed by atoms with Crippen LogP contribution in [0, 0.1) is 0 Å². The lowest BCUT2D eigenvalue weighted by molar-refractivity contribution is 0.391. The lowest BCUT2D eigenvalue weighted by Gasteiger charge is -2.22. The molecule has 0 spiro atoms. The molecule has 1 rings (SSSR count). The van der Waals surface area contributed by atoms with Gasteiger partial charge in [0.05, 0.1) is 0 Å². The lowest BCUT2D eigenvalue weighted by atomic mass is 9.96. The lowest BCUT2D eigenvalue weighted by Crippen LogP contribution is -2.30. The molecule has 5 heteroatoms. The van der Waals surface area contributed by atoms with Gasteiger partial charge in [-0.1, -0.05) is 27.7 Å². The summed E-state index contributed by atoms with van der Waals surface area (Å²) in [5, 5.41) is 6.83. The molecule has 0 amide bonds. The van der Waals surface area contributed by atoms with E-state index >= 15 is 0 Å². The smallest absolute Gasteiger partial charge is 0.138 e. The fourth-order valence-corrected chi connectivity index (χ4v) is 2.05. The average Bonchev–Trinajstić information content (AvgIpc) is 2.33. The molecule has 1 aromatic heterocycles. The van der Waals surface area contributed by atoms with Crippen molar-refractivity contribution in [1.29, 1.82) is 0 Å². The molecule has 1 aromatic rings. The Kier molecular flexibility index (Phi) is 6.40. The quantitative estimate of drug-likeness (QED) is 0.809. The molecular formula is C16H31N5. The van der Waals surface area contributed by atoms with Gasteiger partial charge < -0.3 is 15.5 Å². The van der Waals surface area contributed by atoms with Crippen LogP contribution in [0.15, 0.2) is 6.07 Å². The number of hydrogen-bond acceptors (Lipinski definition) is 5. The summed E-state index contributed by atoms with van der Waals surface area (Å²) in [6.07, 6.45) is 1.08. The molecule has 1 unspecified atom stereocenters. The highest BCUT2D eigenvalue weighted by atomic mass is 15.1. The van der Waals surface area contributed by atoms with E-state index in [2.05, 4.69) is 74.2 Å². The fraction of sp³-hybridized carbons (Fsp3) is 0.750.